The number of sulfone groups is 1. The van der Waals surface area contributed by atoms with Gasteiger partial charge in [-0.2, -0.15) is 0 Å². The van der Waals surface area contributed by atoms with E-state index in [1.807, 2.05) is 24.3 Å². The number of hydrogen-bond acceptors (Lipinski definition) is 4. The second-order valence-corrected chi connectivity index (χ2v) is 7.43. The molecule has 0 unspecified atom stereocenters. The molecule has 5 heteroatoms. The van der Waals surface area contributed by atoms with Crippen LogP contribution in [0.1, 0.15) is 24.8 Å². The summed E-state index contributed by atoms with van der Waals surface area (Å²) in [5, 5.41) is 12.1. The van der Waals surface area contributed by atoms with Gasteiger partial charge in [0.25, 0.3) is 0 Å². The molecule has 2 rings (SSSR count). The first-order chi connectivity index (χ1) is 11.1. The molecule has 2 N–H and O–H groups in total. The monoisotopic (exact) mass is 333 g/mol. The smallest absolute Gasteiger partial charge is 0.182 e. The van der Waals surface area contributed by atoms with Crippen molar-refractivity contribution in [2.75, 3.05) is 18.5 Å². The van der Waals surface area contributed by atoms with E-state index in [4.69, 9.17) is 5.11 Å². The van der Waals surface area contributed by atoms with Gasteiger partial charge in [0.2, 0.25) is 0 Å². The molecule has 0 amide bonds. The molecule has 0 bridgehead atoms. The Bertz CT molecular complexity index is 699. The van der Waals surface area contributed by atoms with Crippen molar-refractivity contribution in [3.8, 4) is 0 Å². The van der Waals surface area contributed by atoms with Crippen molar-refractivity contribution >= 4 is 15.5 Å². The minimum Gasteiger partial charge on any atom is -0.396 e. The second kappa shape index (κ2) is 8.70. The molecule has 0 atom stereocenters. The van der Waals surface area contributed by atoms with Gasteiger partial charge >= 0.3 is 0 Å². The number of unbranched alkanes of at least 4 members (excludes halogenated alkanes) is 2. The summed E-state index contributed by atoms with van der Waals surface area (Å²) in [6.07, 6.45) is 2.69. The molecule has 4 nitrogen and oxygen atoms in total. The van der Waals surface area contributed by atoms with Gasteiger partial charge in [-0.15, -0.1) is 0 Å². The van der Waals surface area contributed by atoms with Gasteiger partial charge in [0.15, 0.2) is 9.84 Å². The number of aliphatic hydroxyl groups is 1. The highest BCUT2D eigenvalue weighted by Crippen LogP contribution is 2.22. The van der Waals surface area contributed by atoms with E-state index in [9.17, 15) is 8.42 Å². The van der Waals surface area contributed by atoms with E-state index in [0.29, 0.717) is 4.90 Å². The summed E-state index contributed by atoms with van der Waals surface area (Å²) in [5.41, 5.74) is 1.63. The van der Waals surface area contributed by atoms with Crippen molar-refractivity contribution in [1.82, 2.24) is 0 Å². The summed E-state index contributed by atoms with van der Waals surface area (Å²) in [6, 6.07) is 16.0. The first-order valence-electron chi connectivity index (χ1n) is 7.84. The SMILES string of the molecule is O=S(=O)(Cc1ccccc1NCCCCCO)c1ccccc1. The van der Waals surface area contributed by atoms with Crippen LogP contribution in [0.5, 0.6) is 0 Å². The summed E-state index contributed by atoms with van der Waals surface area (Å²) in [4.78, 5) is 0.345. The fourth-order valence-corrected chi connectivity index (χ4v) is 3.77. The van der Waals surface area contributed by atoms with Crippen molar-refractivity contribution in [3.05, 3.63) is 60.2 Å². The van der Waals surface area contributed by atoms with Crippen LogP contribution in [0.15, 0.2) is 59.5 Å². The number of anilines is 1. The zero-order valence-electron chi connectivity index (χ0n) is 13.1. The van der Waals surface area contributed by atoms with Crippen molar-refractivity contribution in [1.29, 1.82) is 0 Å². The third-order valence-electron chi connectivity index (χ3n) is 3.62. The van der Waals surface area contributed by atoms with Crippen LogP contribution in [0.4, 0.5) is 5.69 Å². The Kier molecular flexibility index (Phi) is 6.62. The van der Waals surface area contributed by atoms with Gasteiger partial charge in [0, 0.05) is 18.8 Å². The van der Waals surface area contributed by atoms with E-state index < -0.39 is 9.84 Å². The molecule has 0 aliphatic rings. The number of rotatable bonds is 9. The van der Waals surface area contributed by atoms with Crippen LogP contribution in [-0.4, -0.2) is 26.7 Å². The Morgan fingerprint density at radius 2 is 1.57 bits per heavy atom. The van der Waals surface area contributed by atoms with Crippen molar-refractivity contribution in [2.24, 2.45) is 0 Å². The van der Waals surface area contributed by atoms with E-state index in [1.165, 1.54) is 0 Å². The fraction of sp³-hybridized carbons (Fsp3) is 0.333. The van der Waals surface area contributed by atoms with E-state index in [-0.39, 0.29) is 12.4 Å². The Labute approximate surface area is 138 Å². The molecule has 2 aromatic rings. The largest absolute Gasteiger partial charge is 0.396 e. The van der Waals surface area contributed by atoms with Crippen LogP contribution in [0.3, 0.4) is 0 Å². The minimum atomic E-state index is -3.35. The normalized spacial score (nSPS) is 11.3. The number of aliphatic hydroxyl groups excluding tert-OH is 1. The molecule has 0 aromatic heterocycles. The summed E-state index contributed by atoms with van der Waals surface area (Å²) < 4.78 is 25.0. The third kappa shape index (κ3) is 5.37. The van der Waals surface area contributed by atoms with Gasteiger partial charge in [0.05, 0.1) is 10.6 Å². The lowest BCUT2D eigenvalue weighted by Crippen LogP contribution is -2.09. The molecule has 0 saturated heterocycles. The molecule has 124 valence electrons. The van der Waals surface area contributed by atoms with Gasteiger partial charge in [-0.25, -0.2) is 8.42 Å². The van der Waals surface area contributed by atoms with Crippen LogP contribution in [0.2, 0.25) is 0 Å². The highest BCUT2D eigenvalue weighted by Gasteiger charge is 2.16. The zero-order chi connectivity index (χ0) is 16.5. The van der Waals surface area contributed by atoms with Crippen LogP contribution in [-0.2, 0) is 15.6 Å². The summed E-state index contributed by atoms with van der Waals surface area (Å²) in [7, 11) is -3.35. The van der Waals surface area contributed by atoms with Crippen LogP contribution in [0, 0.1) is 0 Å². The number of para-hydroxylation sites is 1. The first-order valence-corrected chi connectivity index (χ1v) is 9.49. The molecule has 0 aliphatic carbocycles. The fourth-order valence-electron chi connectivity index (χ4n) is 2.37. The second-order valence-electron chi connectivity index (χ2n) is 5.44. The van der Waals surface area contributed by atoms with E-state index in [2.05, 4.69) is 5.32 Å². The van der Waals surface area contributed by atoms with Gasteiger partial charge in [-0.05, 0) is 43.0 Å². The van der Waals surface area contributed by atoms with E-state index >= 15 is 0 Å². The summed E-state index contributed by atoms with van der Waals surface area (Å²) in [5.74, 6) is -0.0170. The molecule has 23 heavy (non-hydrogen) atoms. The molecular weight excluding hydrogens is 310 g/mol. The van der Waals surface area contributed by atoms with Crippen LogP contribution in [0.25, 0.3) is 0 Å². The third-order valence-corrected chi connectivity index (χ3v) is 5.30. The highest BCUT2D eigenvalue weighted by molar-refractivity contribution is 7.90. The zero-order valence-corrected chi connectivity index (χ0v) is 13.9. The maximum atomic E-state index is 12.5. The topological polar surface area (TPSA) is 66.4 Å². The lowest BCUT2D eigenvalue weighted by molar-refractivity contribution is 0.283. The molecule has 0 radical (unpaired) electrons. The van der Waals surface area contributed by atoms with Crippen molar-refractivity contribution in [2.45, 2.75) is 29.9 Å². The molecule has 0 saturated carbocycles. The molecule has 0 heterocycles. The average Bonchev–Trinajstić information content (AvgIpc) is 2.57. The minimum absolute atomic E-state index is 0.0170. The van der Waals surface area contributed by atoms with E-state index in [0.717, 1.165) is 37.1 Å². The Balaban J connectivity index is 2.05. The predicted molar refractivity (Wildman–Crippen MR) is 93.2 cm³/mol. The van der Waals surface area contributed by atoms with Crippen LogP contribution < -0.4 is 5.32 Å². The van der Waals surface area contributed by atoms with E-state index in [1.54, 1.807) is 30.3 Å². The summed E-state index contributed by atoms with van der Waals surface area (Å²) >= 11 is 0. The lowest BCUT2D eigenvalue weighted by atomic mass is 10.2. The highest BCUT2D eigenvalue weighted by atomic mass is 32.2. The number of nitrogens with one attached hydrogen (secondary N) is 1. The first kappa shape index (κ1) is 17.5. The number of hydrogen-bond donors (Lipinski definition) is 2. The predicted octanol–water partition coefficient (Wildman–Crippen LogP) is 3.24. The Hall–Kier alpha value is -1.85. The van der Waals surface area contributed by atoms with Crippen molar-refractivity contribution in [3.63, 3.8) is 0 Å². The Morgan fingerprint density at radius 1 is 0.870 bits per heavy atom. The lowest BCUT2D eigenvalue weighted by Gasteiger charge is -2.12. The summed E-state index contributed by atoms with van der Waals surface area (Å²) in [6.45, 7) is 0.980. The van der Waals surface area contributed by atoms with Gasteiger partial charge in [-0.1, -0.05) is 36.4 Å². The Morgan fingerprint density at radius 3 is 2.30 bits per heavy atom. The van der Waals surface area contributed by atoms with Crippen LogP contribution >= 0.6 is 0 Å². The average molecular weight is 333 g/mol. The maximum absolute atomic E-state index is 12.5. The standard InChI is InChI=1S/C18H23NO3S/c20-14-8-2-7-13-19-18-12-6-5-9-16(18)15-23(21,22)17-10-3-1-4-11-17/h1,3-6,9-12,19-20H,2,7-8,13-15H2. The molecular formula is C18H23NO3S. The van der Waals surface area contributed by atoms with Gasteiger partial charge in [-0.3, -0.25) is 0 Å². The molecule has 0 spiro atoms. The number of benzene rings is 2. The molecule has 0 aliphatic heterocycles. The molecule has 2 aromatic carbocycles. The van der Waals surface area contributed by atoms with Gasteiger partial charge in [0.1, 0.15) is 0 Å². The maximum Gasteiger partial charge on any atom is 0.182 e. The van der Waals surface area contributed by atoms with Crippen molar-refractivity contribution < 1.29 is 13.5 Å². The van der Waals surface area contributed by atoms with Gasteiger partial charge < -0.3 is 10.4 Å². The molecule has 0 fully saturated rings. The quantitative estimate of drug-likeness (QED) is 0.692.